The minimum Gasteiger partial charge on any atom is -0.492 e. The molecule has 1 aliphatic rings. The Bertz CT molecular complexity index is 1180. The number of sulfonamides is 1. The van der Waals surface area contributed by atoms with Gasteiger partial charge in [0.1, 0.15) is 18.3 Å². The zero-order valence-corrected chi connectivity index (χ0v) is 23.1. The van der Waals surface area contributed by atoms with Crippen LogP contribution in [0.3, 0.4) is 0 Å². The molecule has 2 aromatic rings. The van der Waals surface area contributed by atoms with Crippen LogP contribution in [-0.4, -0.2) is 56.6 Å². The van der Waals surface area contributed by atoms with E-state index >= 15 is 0 Å². The van der Waals surface area contributed by atoms with Crippen molar-refractivity contribution < 1.29 is 22.7 Å². The van der Waals surface area contributed by atoms with Gasteiger partial charge in [-0.3, -0.25) is 13.9 Å². The lowest BCUT2D eigenvalue weighted by atomic mass is 9.95. The molecule has 0 aliphatic heterocycles. The van der Waals surface area contributed by atoms with E-state index in [1.807, 2.05) is 38.1 Å². The molecule has 0 aromatic heterocycles. The predicted molar refractivity (Wildman–Crippen MR) is 146 cm³/mol. The van der Waals surface area contributed by atoms with Gasteiger partial charge in [0.2, 0.25) is 21.8 Å². The summed E-state index contributed by atoms with van der Waals surface area (Å²) in [6.07, 6.45) is 6.25. The molecule has 0 spiro atoms. The number of aryl methyl sites for hydroxylation is 1. The summed E-state index contributed by atoms with van der Waals surface area (Å²) in [5, 5.41) is 3.11. The van der Waals surface area contributed by atoms with Crippen LogP contribution in [0.1, 0.15) is 57.1 Å². The minimum atomic E-state index is -3.83. The van der Waals surface area contributed by atoms with Gasteiger partial charge in [0.05, 0.1) is 18.6 Å². The summed E-state index contributed by atoms with van der Waals surface area (Å²) in [7, 11) is -3.83. The van der Waals surface area contributed by atoms with Crippen LogP contribution in [0.5, 0.6) is 5.75 Å². The van der Waals surface area contributed by atoms with Crippen LogP contribution < -0.4 is 14.4 Å². The molecular weight excluding hydrogens is 490 g/mol. The quantitative estimate of drug-likeness (QED) is 0.474. The van der Waals surface area contributed by atoms with Gasteiger partial charge >= 0.3 is 0 Å². The zero-order valence-electron chi connectivity index (χ0n) is 22.3. The number of benzene rings is 2. The van der Waals surface area contributed by atoms with Crippen LogP contribution in [0.2, 0.25) is 0 Å². The molecule has 0 unspecified atom stereocenters. The molecule has 37 heavy (non-hydrogen) atoms. The van der Waals surface area contributed by atoms with E-state index in [4.69, 9.17) is 4.74 Å². The number of carbonyl (C=O) groups is 2. The zero-order chi connectivity index (χ0) is 27.0. The third-order valence-corrected chi connectivity index (χ3v) is 7.79. The second-order valence-corrected chi connectivity index (χ2v) is 11.6. The van der Waals surface area contributed by atoms with Crippen molar-refractivity contribution in [1.82, 2.24) is 10.2 Å². The van der Waals surface area contributed by atoms with Crippen LogP contribution in [0, 0.1) is 6.92 Å². The fourth-order valence-electron chi connectivity index (χ4n) is 4.69. The molecule has 1 N–H and O–H groups in total. The molecule has 2 aromatic carbocycles. The number of amides is 2. The highest BCUT2D eigenvalue weighted by molar-refractivity contribution is 7.92. The lowest BCUT2D eigenvalue weighted by molar-refractivity contribution is -0.139. The fourth-order valence-corrected chi connectivity index (χ4v) is 5.55. The Morgan fingerprint density at radius 1 is 1.08 bits per heavy atom. The van der Waals surface area contributed by atoms with Crippen LogP contribution in [0.15, 0.2) is 48.5 Å². The SMILES string of the molecule is CCOc1ccccc1N(CC(=O)N(Cc1cccc(C)c1)[C@@H](C)C(=O)NC1CCCCC1)S(C)(=O)=O. The predicted octanol–water partition coefficient (Wildman–Crippen LogP) is 4.03. The number of rotatable bonds is 11. The first kappa shape index (κ1) is 28.5. The van der Waals surface area contributed by atoms with Crippen molar-refractivity contribution in [1.29, 1.82) is 0 Å². The van der Waals surface area contributed by atoms with E-state index in [0.717, 1.165) is 47.4 Å². The van der Waals surface area contributed by atoms with Crippen molar-refractivity contribution in [2.45, 2.75) is 71.5 Å². The van der Waals surface area contributed by atoms with Gasteiger partial charge in [0, 0.05) is 12.6 Å². The summed E-state index contributed by atoms with van der Waals surface area (Å²) >= 11 is 0. The monoisotopic (exact) mass is 529 g/mol. The third kappa shape index (κ3) is 7.95. The van der Waals surface area contributed by atoms with Crippen LogP contribution in [0.4, 0.5) is 5.69 Å². The summed E-state index contributed by atoms with van der Waals surface area (Å²) in [6, 6.07) is 13.8. The molecule has 2 amide bonds. The normalized spacial score (nSPS) is 15.0. The summed E-state index contributed by atoms with van der Waals surface area (Å²) < 4.78 is 32.4. The van der Waals surface area contributed by atoms with E-state index in [1.165, 1.54) is 11.3 Å². The molecule has 9 heteroatoms. The van der Waals surface area contributed by atoms with E-state index in [2.05, 4.69) is 5.32 Å². The summed E-state index contributed by atoms with van der Waals surface area (Å²) in [4.78, 5) is 28.5. The molecule has 8 nitrogen and oxygen atoms in total. The number of nitrogens with one attached hydrogen (secondary N) is 1. The molecule has 0 bridgehead atoms. The highest BCUT2D eigenvalue weighted by Gasteiger charge is 2.32. The minimum absolute atomic E-state index is 0.102. The van der Waals surface area contributed by atoms with Crippen LogP contribution >= 0.6 is 0 Å². The van der Waals surface area contributed by atoms with E-state index in [-0.39, 0.29) is 24.2 Å². The molecule has 1 atom stereocenters. The average molecular weight is 530 g/mol. The number of para-hydroxylation sites is 2. The summed E-state index contributed by atoms with van der Waals surface area (Å²) in [5.74, 6) is -0.324. The Hall–Kier alpha value is -3.07. The molecule has 1 saturated carbocycles. The fraction of sp³-hybridized carbons (Fsp3) is 0.500. The van der Waals surface area contributed by atoms with Gasteiger partial charge in [0.15, 0.2) is 0 Å². The maximum Gasteiger partial charge on any atom is 0.244 e. The summed E-state index contributed by atoms with van der Waals surface area (Å²) in [6.45, 7) is 5.55. The highest BCUT2D eigenvalue weighted by atomic mass is 32.2. The third-order valence-electron chi connectivity index (χ3n) is 6.67. The van der Waals surface area contributed by atoms with E-state index in [0.29, 0.717) is 12.4 Å². The standard InChI is InChI=1S/C28H39N3O5S/c1-5-36-26-17-10-9-16-25(26)31(37(4,34)35)20-27(32)30(19-23-13-11-12-21(2)18-23)22(3)28(33)29-24-14-7-6-8-15-24/h9-13,16-18,22,24H,5-8,14-15,19-20H2,1-4H3,(H,29,33)/t22-/m0/s1. The number of nitrogens with zero attached hydrogens (tertiary/aromatic N) is 2. The topological polar surface area (TPSA) is 96.0 Å². The second kappa shape index (κ2) is 12.9. The van der Waals surface area contributed by atoms with Gasteiger partial charge < -0.3 is 15.0 Å². The van der Waals surface area contributed by atoms with E-state index < -0.39 is 28.5 Å². The first-order valence-corrected chi connectivity index (χ1v) is 14.8. The maximum atomic E-state index is 13.8. The largest absolute Gasteiger partial charge is 0.492 e. The smallest absolute Gasteiger partial charge is 0.244 e. The molecule has 202 valence electrons. The van der Waals surface area contributed by atoms with Crippen molar-refractivity contribution in [3.05, 3.63) is 59.7 Å². The number of anilines is 1. The number of hydrogen-bond acceptors (Lipinski definition) is 5. The first-order chi connectivity index (χ1) is 17.6. The van der Waals surface area contributed by atoms with Gasteiger partial charge in [-0.2, -0.15) is 0 Å². The van der Waals surface area contributed by atoms with Crippen LogP contribution in [-0.2, 0) is 26.2 Å². The molecule has 1 aliphatic carbocycles. The lowest BCUT2D eigenvalue weighted by Crippen LogP contribution is -2.53. The molecule has 0 heterocycles. The number of hydrogen-bond donors (Lipinski definition) is 1. The molecule has 3 rings (SSSR count). The lowest BCUT2D eigenvalue weighted by Gasteiger charge is -2.33. The van der Waals surface area contributed by atoms with Gasteiger partial charge in [0.25, 0.3) is 0 Å². The Kier molecular flexibility index (Phi) is 9.97. The molecule has 0 saturated heterocycles. The maximum absolute atomic E-state index is 13.8. The van der Waals surface area contributed by atoms with Crippen LogP contribution in [0.25, 0.3) is 0 Å². The van der Waals surface area contributed by atoms with Crippen molar-refractivity contribution in [2.24, 2.45) is 0 Å². The van der Waals surface area contributed by atoms with Gasteiger partial charge in [-0.1, -0.05) is 61.2 Å². The highest BCUT2D eigenvalue weighted by Crippen LogP contribution is 2.30. The van der Waals surface area contributed by atoms with Gasteiger partial charge in [-0.05, 0) is 51.3 Å². The second-order valence-electron chi connectivity index (χ2n) is 9.70. The van der Waals surface area contributed by atoms with Crippen molar-refractivity contribution >= 4 is 27.5 Å². The molecular formula is C28H39N3O5S. The first-order valence-electron chi connectivity index (χ1n) is 12.9. The molecule has 0 radical (unpaired) electrons. The Labute approximate surface area is 221 Å². The Morgan fingerprint density at radius 2 is 1.78 bits per heavy atom. The summed E-state index contributed by atoms with van der Waals surface area (Å²) in [5.41, 5.74) is 2.19. The average Bonchev–Trinajstić information content (AvgIpc) is 2.86. The van der Waals surface area contributed by atoms with Crippen molar-refractivity contribution in [3.63, 3.8) is 0 Å². The number of carbonyl (C=O) groups excluding carboxylic acids is 2. The van der Waals surface area contributed by atoms with Crippen molar-refractivity contribution in [3.8, 4) is 5.75 Å². The van der Waals surface area contributed by atoms with Gasteiger partial charge in [-0.25, -0.2) is 8.42 Å². The molecule has 1 fully saturated rings. The Morgan fingerprint density at radius 3 is 2.43 bits per heavy atom. The van der Waals surface area contributed by atoms with E-state index in [9.17, 15) is 18.0 Å². The number of ether oxygens (including phenoxy) is 1. The Balaban J connectivity index is 1.90. The van der Waals surface area contributed by atoms with Gasteiger partial charge in [-0.15, -0.1) is 0 Å². The van der Waals surface area contributed by atoms with Crippen molar-refractivity contribution in [2.75, 3.05) is 23.7 Å². The van der Waals surface area contributed by atoms with E-state index in [1.54, 1.807) is 31.2 Å².